The summed E-state index contributed by atoms with van der Waals surface area (Å²) in [5, 5.41) is 2.99. The van der Waals surface area contributed by atoms with Crippen molar-refractivity contribution in [2.75, 3.05) is 32.8 Å². The van der Waals surface area contributed by atoms with Crippen molar-refractivity contribution in [2.24, 2.45) is 0 Å². The molecular formula is C29H35N3O5. The molecule has 3 aliphatic heterocycles. The lowest BCUT2D eigenvalue weighted by Crippen LogP contribution is -2.60. The van der Waals surface area contributed by atoms with Gasteiger partial charge in [0.05, 0.1) is 19.1 Å². The number of nitrogens with zero attached hydrogens (tertiary/aromatic N) is 2. The van der Waals surface area contributed by atoms with Gasteiger partial charge in [0.25, 0.3) is 5.91 Å². The molecule has 3 aliphatic rings. The fourth-order valence-corrected chi connectivity index (χ4v) is 5.61. The molecule has 0 bridgehead atoms. The Kier molecular flexibility index (Phi) is 7.58. The van der Waals surface area contributed by atoms with Crippen LogP contribution in [0.5, 0.6) is 0 Å². The van der Waals surface area contributed by atoms with E-state index in [4.69, 9.17) is 9.47 Å². The van der Waals surface area contributed by atoms with Gasteiger partial charge in [0.15, 0.2) is 0 Å². The lowest BCUT2D eigenvalue weighted by molar-refractivity contribution is -0.143. The Morgan fingerprint density at radius 2 is 1.84 bits per heavy atom. The minimum atomic E-state index is -0.920. The predicted octanol–water partition coefficient (Wildman–Crippen LogP) is 2.69. The number of rotatable bonds is 6. The van der Waals surface area contributed by atoms with E-state index in [1.165, 1.54) is 0 Å². The topological polar surface area (TPSA) is 88.2 Å². The van der Waals surface area contributed by atoms with Gasteiger partial charge in [-0.05, 0) is 37.5 Å². The molecule has 0 unspecified atom stereocenters. The highest BCUT2D eigenvalue weighted by Gasteiger charge is 2.54. The monoisotopic (exact) mass is 505 g/mol. The van der Waals surface area contributed by atoms with Crippen molar-refractivity contribution in [3.05, 3.63) is 71.3 Å². The van der Waals surface area contributed by atoms with Crippen LogP contribution in [0.25, 0.3) is 0 Å². The van der Waals surface area contributed by atoms with E-state index in [2.05, 4.69) is 5.32 Å². The molecule has 0 aromatic heterocycles. The summed E-state index contributed by atoms with van der Waals surface area (Å²) in [5.74, 6) is -0.389. The standard InChI is InChI=1S/C29H35N3O5/c1-21-7-5-10-23(17-21)28(35)32-25(27(34)30-19-24-11-6-16-36-24)20-37-29(32)12-14-31(15-13-29)26(33)18-22-8-3-2-4-9-22/h2-5,7-10,17,24-25H,6,11-16,18-20H2,1H3,(H,30,34)/t24-,25+/m0/s1. The van der Waals surface area contributed by atoms with Gasteiger partial charge in [0, 0.05) is 44.6 Å². The number of hydrogen-bond donors (Lipinski definition) is 1. The normalized spacial score (nSPS) is 22.8. The van der Waals surface area contributed by atoms with E-state index in [1.54, 1.807) is 11.0 Å². The molecule has 0 saturated carbocycles. The Labute approximate surface area is 217 Å². The molecule has 196 valence electrons. The van der Waals surface area contributed by atoms with Gasteiger partial charge >= 0.3 is 0 Å². The first-order valence-corrected chi connectivity index (χ1v) is 13.2. The van der Waals surface area contributed by atoms with Crippen molar-refractivity contribution < 1.29 is 23.9 Å². The summed E-state index contributed by atoms with van der Waals surface area (Å²) in [4.78, 5) is 43.6. The van der Waals surface area contributed by atoms with E-state index >= 15 is 0 Å². The number of piperidine rings is 1. The minimum Gasteiger partial charge on any atom is -0.376 e. The molecule has 3 saturated heterocycles. The quantitative estimate of drug-likeness (QED) is 0.652. The Balaban J connectivity index is 1.32. The highest BCUT2D eigenvalue weighted by molar-refractivity contribution is 5.98. The van der Waals surface area contributed by atoms with Crippen LogP contribution in [-0.2, 0) is 25.5 Å². The SMILES string of the molecule is Cc1cccc(C(=O)N2[C@@H](C(=O)NC[C@@H]3CCCO3)COC23CCN(C(=O)Cc2ccccc2)CC3)c1. The second-order valence-electron chi connectivity index (χ2n) is 10.2. The van der Waals surface area contributed by atoms with E-state index in [0.29, 0.717) is 51.1 Å². The molecule has 1 N–H and O–H groups in total. The lowest BCUT2D eigenvalue weighted by atomic mass is 9.96. The molecule has 2 atom stereocenters. The van der Waals surface area contributed by atoms with Crippen molar-refractivity contribution in [1.82, 2.24) is 15.1 Å². The average Bonchev–Trinajstić information content (AvgIpc) is 3.56. The van der Waals surface area contributed by atoms with Crippen LogP contribution in [0.2, 0.25) is 0 Å². The van der Waals surface area contributed by atoms with Crippen molar-refractivity contribution in [1.29, 1.82) is 0 Å². The Hall–Kier alpha value is -3.23. The molecule has 3 heterocycles. The third kappa shape index (κ3) is 5.55. The summed E-state index contributed by atoms with van der Waals surface area (Å²) in [6.45, 7) is 4.15. The number of carbonyl (C=O) groups excluding carboxylic acids is 3. The number of hydrogen-bond acceptors (Lipinski definition) is 5. The smallest absolute Gasteiger partial charge is 0.256 e. The van der Waals surface area contributed by atoms with Crippen LogP contribution in [0, 0.1) is 6.92 Å². The van der Waals surface area contributed by atoms with E-state index in [9.17, 15) is 14.4 Å². The lowest BCUT2D eigenvalue weighted by Gasteiger charge is -2.44. The Bertz CT molecular complexity index is 1120. The van der Waals surface area contributed by atoms with Crippen LogP contribution in [0.1, 0.15) is 47.2 Å². The van der Waals surface area contributed by atoms with E-state index < -0.39 is 11.8 Å². The number of amides is 3. The molecule has 2 aromatic carbocycles. The number of likely N-dealkylation sites (tertiary alicyclic amines) is 1. The molecule has 1 spiro atoms. The van der Waals surface area contributed by atoms with Crippen molar-refractivity contribution in [3.63, 3.8) is 0 Å². The molecule has 2 aromatic rings. The van der Waals surface area contributed by atoms with Gasteiger partial charge in [-0.25, -0.2) is 0 Å². The maximum atomic E-state index is 13.9. The second kappa shape index (κ2) is 11.0. The van der Waals surface area contributed by atoms with Gasteiger partial charge in [-0.1, -0.05) is 48.0 Å². The third-order valence-electron chi connectivity index (χ3n) is 7.67. The fourth-order valence-electron chi connectivity index (χ4n) is 5.61. The predicted molar refractivity (Wildman–Crippen MR) is 138 cm³/mol. The van der Waals surface area contributed by atoms with E-state index in [-0.39, 0.29) is 30.4 Å². The zero-order valence-electron chi connectivity index (χ0n) is 21.4. The van der Waals surface area contributed by atoms with Crippen LogP contribution in [0.4, 0.5) is 0 Å². The van der Waals surface area contributed by atoms with E-state index in [1.807, 2.05) is 60.4 Å². The van der Waals surface area contributed by atoms with Crippen LogP contribution in [0.3, 0.4) is 0 Å². The molecule has 0 radical (unpaired) electrons. The summed E-state index contributed by atoms with van der Waals surface area (Å²) in [6.07, 6.45) is 3.19. The summed E-state index contributed by atoms with van der Waals surface area (Å²) in [6, 6.07) is 16.4. The van der Waals surface area contributed by atoms with Crippen molar-refractivity contribution in [3.8, 4) is 0 Å². The Morgan fingerprint density at radius 3 is 2.54 bits per heavy atom. The molecule has 37 heavy (non-hydrogen) atoms. The number of benzene rings is 2. The molecule has 8 nitrogen and oxygen atoms in total. The average molecular weight is 506 g/mol. The molecule has 3 fully saturated rings. The zero-order valence-corrected chi connectivity index (χ0v) is 21.4. The van der Waals surface area contributed by atoms with Crippen LogP contribution in [0.15, 0.2) is 54.6 Å². The Morgan fingerprint density at radius 1 is 1.05 bits per heavy atom. The molecule has 3 amide bonds. The summed E-state index contributed by atoms with van der Waals surface area (Å²) in [7, 11) is 0. The number of nitrogens with one attached hydrogen (secondary N) is 1. The van der Waals surface area contributed by atoms with Gasteiger partial charge in [0.1, 0.15) is 11.8 Å². The first-order chi connectivity index (χ1) is 17.9. The fraction of sp³-hybridized carbons (Fsp3) is 0.483. The van der Waals surface area contributed by atoms with Gasteiger partial charge in [0.2, 0.25) is 11.8 Å². The van der Waals surface area contributed by atoms with Gasteiger partial charge in [-0.15, -0.1) is 0 Å². The minimum absolute atomic E-state index is 0.0139. The third-order valence-corrected chi connectivity index (χ3v) is 7.67. The number of carbonyl (C=O) groups is 3. The van der Waals surface area contributed by atoms with Gasteiger partial charge < -0.3 is 19.7 Å². The van der Waals surface area contributed by atoms with Gasteiger partial charge in [-0.3, -0.25) is 19.3 Å². The van der Waals surface area contributed by atoms with Crippen LogP contribution < -0.4 is 5.32 Å². The molecule has 8 heteroatoms. The molecule has 5 rings (SSSR count). The summed E-state index contributed by atoms with van der Waals surface area (Å²) >= 11 is 0. The maximum absolute atomic E-state index is 13.9. The zero-order chi connectivity index (χ0) is 25.8. The first-order valence-electron chi connectivity index (χ1n) is 13.2. The van der Waals surface area contributed by atoms with Crippen LogP contribution >= 0.6 is 0 Å². The highest BCUT2D eigenvalue weighted by atomic mass is 16.5. The van der Waals surface area contributed by atoms with Crippen LogP contribution in [-0.4, -0.2) is 78.2 Å². The maximum Gasteiger partial charge on any atom is 0.256 e. The second-order valence-corrected chi connectivity index (χ2v) is 10.2. The summed E-state index contributed by atoms with van der Waals surface area (Å²) in [5.41, 5.74) is 1.56. The van der Waals surface area contributed by atoms with Crippen molar-refractivity contribution >= 4 is 17.7 Å². The van der Waals surface area contributed by atoms with Gasteiger partial charge in [-0.2, -0.15) is 0 Å². The van der Waals surface area contributed by atoms with E-state index in [0.717, 1.165) is 24.0 Å². The van der Waals surface area contributed by atoms with Crippen molar-refractivity contribution in [2.45, 2.75) is 56.9 Å². The highest BCUT2D eigenvalue weighted by Crippen LogP contribution is 2.38. The molecular weight excluding hydrogens is 470 g/mol. The number of ether oxygens (including phenoxy) is 2. The first kappa shape index (κ1) is 25.4. The number of aryl methyl sites for hydroxylation is 1. The summed E-state index contributed by atoms with van der Waals surface area (Å²) < 4.78 is 11.9. The largest absolute Gasteiger partial charge is 0.376 e. The molecule has 0 aliphatic carbocycles.